The molecule has 0 fully saturated rings. The van der Waals surface area contributed by atoms with Gasteiger partial charge in [-0.05, 0) is 56.3 Å². The third kappa shape index (κ3) is 4.53. The molecule has 3 heteroatoms. The van der Waals surface area contributed by atoms with Gasteiger partial charge in [-0.2, -0.15) is 0 Å². The van der Waals surface area contributed by atoms with E-state index in [4.69, 9.17) is 0 Å². The molecule has 0 aromatic carbocycles. The molecule has 3 nitrogen and oxygen atoms in total. The molecule has 0 spiro atoms. The van der Waals surface area contributed by atoms with E-state index in [2.05, 4.69) is 13.8 Å². The highest BCUT2D eigenvalue weighted by molar-refractivity contribution is 4.99. The first-order valence-corrected chi connectivity index (χ1v) is 9.73. The molecule has 0 heterocycles. The molecule has 0 saturated carbocycles. The van der Waals surface area contributed by atoms with E-state index < -0.39 is 16.8 Å². The summed E-state index contributed by atoms with van der Waals surface area (Å²) in [6, 6.07) is 0. The van der Waals surface area contributed by atoms with Crippen molar-refractivity contribution >= 4 is 0 Å². The van der Waals surface area contributed by atoms with Gasteiger partial charge in [-0.15, -0.1) is 0 Å². The third-order valence-electron chi connectivity index (χ3n) is 7.97. The minimum absolute atomic E-state index is 0.0545. The largest absolute Gasteiger partial charge is 0.390 e. The van der Waals surface area contributed by atoms with E-state index in [-0.39, 0.29) is 35.5 Å². The van der Waals surface area contributed by atoms with Crippen LogP contribution in [0.25, 0.3) is 0 Å². The highest BCUT2D eigenvalue weighted by atomic mass is 16.3. The van der Waals surface area contributed by atoms with Crippen LogP contribution in [-0.4, -0.2) is 32.1 Å². The lowest BCUT2D eigenvalue weighted by Crippen LogP contribution is -2.55. The summed E-state index contributed by atoms with van der Waals surface area (Å²) in [6.07, 6.45) is 0.903. The Hall–Kier alpha value is -0.120. The van der Waals surface area contributed by atoms with E-state index in [0.717, 1.165) is 6.42 Å². The summed E-state index contributed by atoms with van der Waals surface area (Å²) in [6.45, 7) is 21.9. The molecule has 146 valence electrons. The Morgan fingerprint density at radius 3 is 1.17 bits per heavy atom. The highest BCUT2D eigenvalue weighted by Crippen LogP contribution is 2.44. The lowest BCUT2D eigenvalue weighted by atomic mass is 9.61. The molecule has 0 radical (unpaired) electrons. The zero-order valence-corrected chi connectivity index (χ0v) is 18.0. The second kappa shape index (κ2) is 8.05. The van der Waals surface area contributed by atoms with Gasteiger partial charge in [-0.3, -0.25) is 0 Å². The highest BCUT2D eigenvalue weighted by Gasteiger charge is 2.49. The second-order valence-electron chi connectivity index (χ2n) is 9.30. The van der Waals surface area contributed by atoms with Crippen LogP contribution < -0.4 is 0 Å². The van der Waals surface area contributed by atoms with Gasteiger partial charge in [0, 0.05) is 0 Å². The molecular formula is C21H44O3. The zero-order valence-electron chi connectivity index (χ0n) is 18.0. The van der Waals surface area contributed by atoms with Crippen molar-refractivity contribution in [2.45, 2.75) is 99.4 Å². The maximum Gasteiger partial charge on any atom is 0.0677 e. The molecule has 0 aliphatic rings. The van der Waals surface area contributed by atoms with Crippen LogP contribution >= 0.6 is 0 Å². The minimum Gasteiger partial charge on any atom is -0.390 e. The molecular weight excluding hydrogens is 300 g/mol. The number of hydrogen-bond acceptors (Lipinski definition) is 3. The van der Waals surface area contributed by atoms with Crippen LogP contribution in [0.5, 0.6) is 0 Å². The van der Waals surface area contributed by atoms with Crippen molar-refractivity contribution in [3.8, 4) is 0 Å². The van der Waals surface area contributed by atoms with Gasteiger partial charge in [0.25, 0.3) is 0 Å². The predicted molar refractivity (Wildman–Crippen MR) is 103 cm³/mol. The Balaban J connectivity index is 5.50. The van der Waals surface area contributed by atoms with E-state index in [1.165, 1.54) is 0 Å². The van der Waals surface area contributed by atoms with Crippen LogP contribution in [0.1, 0.15) is 82.6 Å². The maximum absolute atomic E-state index is 11.3. The first-order chi connectivity index (χ1) is 10.6. The lowest BCUT2D eigenvalue weighted by molar-refractivity contribution is -0.155. The zero-order chi connectivity index (χ0) is 19.7. The van der Waals surface area contributed by atoms with Crippen LogP contribution in [0.2, 0.25) is 0 Å². The molecule has 24 heavy (non-hydrogen) atoms. The first kappa shape index (κ1) is 23.9. The lowest BCUT2D eigenvalue weighted by Gasteiger charge is -2.49. The summed E-state index contributed by atoms with van der Waals surface area (Å²) in [7, 11) is 0. The summed E-state index contributed by atoms with van der Waals surface area (Å²) in [5.74, 6) is -0.0299. The van der Waals surface area contributed by atoms with Gasteiger partial charge in [0.15, 0.2) is 0 Å². The van der Waals surface area contributed by atoms with Crippen LogP contribution in [-0.2, 0) is 0 Å². The SMILES string of the molecule is CCC(C)C(C)(O)C(C)C(C)C(C)(O)C(C)C(C)C(C)(O)C(C)C. The Bertz CT molecular complexity index is 385. The molecule has 8 unspecified atom stereocenters. The van der Waals surface area contributed by atoms with Gasteiger partial charge in [0.1, 0.15) is 0 Å². The average Bonchev–Trinajstić information content (AvgIpc) is 2.50. The Morgan fingerprint density at radius 2 is 0.875 bits per heavy atom. The monoisotopic (exact) mass is 344 g/mol. The van der Waals surface area contributed by atoms with E-state index in [1.54, 1.807) is 0 Å². The average molecular weight is 345 g/mol. The quantitative estimate of drug-likeness (QED) is 0.578. The topological polar surface area (TPSA) is 60.7 Å². The molecule has 0 aliphatic heterocycles. The maximum atomic E-state index is 11.3. The summed E-state index contributed by atoms with van der Waals surface area (Å²) in [5, 5.41) is 33.2. The van der Waals surface area contributed by atoms with Crippen molar-refractivity contribution in [1.82, 2.24) is 0 Å². The fourth-order valence-corrected chi connectivity index (χ4v) is 3.83. The number of rotatable bonds is 9. The molecule has 0 aromatic rings. The van der Waals surface area contributed by atoms with Gasteiger partial charge in [-0.1, -0.05) is 61.8 Å². The summed E-state index contributed by atoms with van der Waals surface area (Å²) < 4.78 is 0. The molecule has 0 bridgehead atoms. The molecule has 0 aliphatic carbocycles. The Labute approximate surface area is 150 Å². The van der Waals surface area contributed by atoms with Crippen molar-refractivity contribution in [2.24, 2.45) is 35.5 Å². The van der Waals surface area contributed by atoms with Gasteiger partial charge in [0.2, 0.25) is 0 Å². The summed E-state index contributed by atoms with van der Waals surface area (Å²) in [5.41, 5.74) is -2.65. The van der Waals surface area contributed by atoms with Crippen LogP contribution in [0.4, 0.5) is 0 Å². The normalized spacial score (nSPS) is 26.6. The molecule has 8 atom stereocenters. The van der Waals surface area contributed by atoms with Crippen molar-refractivity contribution in [3.63, 3.8) is 0 Å². The fourth-order valence-electron chi connectivity index (χ4n) is 3.83. The van der Waals surface area contributed by atoms with Crippen LogP contribution in [0.15, 0.2) is 0 Å². The van der Waals surface area contributed by atoms with E-state index in [9.17, 15) is 15.3 Å². The number of hydrogen-bond donors (Lipinski definition) is 3. The standard InChI is InChI=1S/C21H44O3/c1-12-14(4)20(10,23)16(6)18(8)21(11,24)17(7)15(5)19(9,22)13(2)3/h13-18,22-24H,12H2,1-11H3. The van der Waals surface area contributed by atoms with Crippen LogP contribution in [0.3, 0.4) is 0 Å². The molecule has 0 aromatic heterocycles. The fraction of sp³-hybridized carbons (Fsp3) is 1.00. The van der Waals surface area contributed by atoms with Crippen molar-refractivity contribution in [2.75, 3.05) is 0 Å². The molecule has 0 rings (SSSR count). The Morgan fingerprint density at radius 1 is 0.583 bits per heavy atom. The first-order valence-electron chi connectivity index (χ1n) is 9.73. The summed E-state index contributed by atoms with van der Waals surface area (Å²) in [4.78, 5) is 0. The van der Waals surface area contributed by atoms with E-state index in [1.807, 2.05) is 62.3 Å². The van der Waals surface area contributed by atoms with Crippen molar-refractivity contribution in [1.29, 1.82) is 0 Å². The predicted octanol–water partition coefficient (Wildman–Crippen LogP) is 4.49. The summed E-state index contributed by atoms with van der Waals surface area (Å²) >= 11 is 0. The van der Waals surface area contributed by atoms with Gasteiger partial charge in [-0.25, -0.2) is 0 Å². The third-order valence-corrected chi connectivity index (χ3v) is 7.97. The van der Waals surface area contributed by atoms with Gasteiger partial charge in [0.05, 0.1) is 16.8 Å². The number of aliphatic hydroxyl groups is 3. The Kier molecular flexibility index (Phi) is 8.01. The van der Waals surface area contributed by atoms with Crippen molar-refractivity contribution in [3.05, 3.63) is 0 Å². The van der Waals surface area contributed by atoms with Crippen molar-refractivity contribution < 1.29 is 15.3 Å². The van der Waals surface area contributed by atoms with Crippen LogP contribution in [0, 0.1) is 35.5 Å². The molecule has 0 amide bonds. The smallest absolute Gasteiger partial charge is 0.0677 e. The molecule has 3 N–H and O–H groups in total. The van der Waals surface area contributed by atoms with Gasteiger partial charge < -0.3 is 15.3 Å². The van der Waals surface area contributed by atoms with E-state index in [0.29, 0.717) is 0 Å². The minimum atomic E-state index is -0.977. The molecule has 0 saturated heterocycles. The van der Waals surface area contributed by atoms with E-state index >= 15 is 0 Å². The van der Waals surface area contributed by atoms with Gasteiger partial charge >= 0.3 is 0 Å². The second-order valence-corrected chi connectivity index (χ2v) is 9.30.